The van der Waals surface area contributed by atoms with Crippen LogP contribution in [-0.2, 0) is 0 Å². The van der Waals surface area contributed by atoms with Gasteiger partial charge >= 0.3 is 5.69 Å². The Balaban J connectivity index is 2.29. The number of pyridine rings is 1. The molecule has 2 aromatic rings. The molecule has 1 N–H and O–H groups in total. The van der Waals surface area contributed by atoms with Gasteiger partial charge in [0.1, 0.15) is 0 Å². The molecule has 5 nitrogen and oxygen atoms in total. The summed E-state index contributed by atoms with van der Waals surface area (Å²) in [6.45, 7) is 0. The van der Waals surface area contributed by atoms with E-state index in [0.29, 0.717) is 16.3 Å². The summed E-state index contributed by atoms with van der Waals surface area (Å²) in [6.07, 6.45) is 0. The molecule has 2 heterocycles. The van der Waals surface area contributed by atoms with Gasteiger partial charge in [0.2, 0.25) is 0 Å². The number of benzene rings is 2. The normalized spacial score (nSPS) is 11.2. The number of para-hydroxylation sites is 2. The van der Waals surface area contributed by atoms with Crippen LogP contribution in [0.15, 0.2) is 64.2 Å². The highest BCUT2D eigenvalue weighted by atomic mass is 35.5. The van der Waals surface area contributed by atoms with Crippen molar-refractivity contribution in [2.24, 2.45) is 0 Å². The quantitative estimate of drug-likeness (QED) is 0.548. The monoisotopic (exact) mass is 323 g/mol. The summed E-state index contributed by atoms with van der Waals surface area (Å²) in [7, 11) is 0. The van der Waals surface area contributed by atoms with Crippen LogP contribution in [0.2, 0.25) is 5.02 Å². The molecule has 0 fully saturated rings. The Labute approximate surface area is 135 Å². The molecule has 0 unspecified atom stereocenters. The van der Waals surface area contributed by atoms with Gasteiger partial charge in [0.15, 0.2) is 5.82 Å². The lowest BCUT2D eigenvalue weighted by atomic mass is 10.1. The van der Waals surface area contributed by atoms with E-state index in [4.69, 9.17) is 11.6 Å². The Morgan fingerprint density at radius 3 is 2.57 bits per heavy atom. The highest BCUT2D eigenvalue weighted by molar-refractivity contribution is 6.32. The zero-order chi connectivity index (χ0) is 16.0. The SMILES string of the molecule is O=c1nc2n(-c3ccccc3Cl)c3ccccc3cc-2c(=O)[nH]1. The second kappa shape index (κ2) is 5.07. The van der Waals surface area contributed by atoms with Crippen LogP contribution in [0.1, 0.15) is 0 Å². The zero-order valence-corrected chi connectivity index (χ0v) is 12.5. The first-order valence-electron chi connectivity index (χ1n) is 6.95. The fourth-order valence-electron chi connectivity index (χ4n) is 2.71. The van der Waals surface area contributed by atoms with Crippen molar-refractivity contribution in [2.45, 2.75) is 0 Å². The number of nitrogens with one attached hydrogen (secondary N) is 1. The maximum Gasteiger partial charge on any atom is 0.349 e. The molecule has 6 heteroatoms. The molecule has 0 amide bonds. The Morgan fingerprint density at radius 2 is 1.74 bits per heavy atom. The van der Waals surface area contributed by atoms with Crippen molar-refractivity contribution in [2.75, 3.05) is 0 Å². The van der Waals surface area contributed by atoms with Crippen molar-refractivity contribution in [3.63, 3.8) is 0 Å². The van der Waals surface area contributed by atoms with Gasteiger partial charge in [0.05, 0.1) is 21.8 Å². The highest BCUT2D eigenvalue weighted by Crippen LogP contribution is 2.30. The number of fused-ring (bicyclic) bond motifs is 2. The second-order valence-electron chi connectivity index (χ2n) is 5.10. The minimum Gasteiger partial charge on any atom is -0.292 e. The number of H-pyrrole nitrogens is 1. The summed E-state index contributed by atoms with van der Waals surface area (Å²) in [5, 5.41) is 1.36. The Hall–Kier alpha value is -2.92. The molecule has 0 aromatic heterocycles. The first-order valence-corrected chi connectivity index (χ1v) is 7.33. The van der Waals surface area contributed by atoms with Gasteiger partial charge in [-0.3, -0.25) is 14.3 Å². The van der Waals surface area contributed by atoms with E-state index in [1.54, 1.807) is 16.7 Å². The smallest absolute Gasteiger partial charge is 0.292 e. The molecule has 0 saturated carbocycles. The minimum absolute atomic E-state index is 0.283. The summed E-state index contributed by atoms with van der Waals surface area (Å²) >= 11 is 6.33. The number of hydrogen-bond acceptors (Lipinski definition) is 3. The highest BCUT2D eigenvalue weighted by Gasteiger charge is 2.18. The number of halogens is 1. The van der Waals surface area contributed by atoms with Crippen LogP contribution >= 0.6 is 11.6 Å². The van der Waals surface area contributed by atoms with Gasteiger partial charge in [-0.15, -0.1) is 0 Å². The Kier molecular flexibility index (Phi) is 3.02. The average molecular weight is 324 g/mol. The zero-order valence-electron chi connectivity index (χ0n) is 11.8. The van der Waals surface area contributed by atoms with Gasteiger partial charge in [-0.25, -0.2) is 4.79 Å². The van der Waals surface area contributed by atoms with Crippen LogP contribution < -0.4 is 11.2 Å². The topological polar surface area (TPSA) is 67.8 Å². The Morgan fingerprint density at radius 1 is 1.00 bits per heavy atom. The van der Waals surface area contributed by atoms with Crippen LogP contribution in [0.5, 0.6) is 0 Å². The van der Waals surface area contributed by atoms with E-state index >= 15 is 0 Å². The van der Waals surface area contributed by atoms with Crippen molar-refractivity contribution in [1.29, 1.82) is 0 Å². The molecule has 0 bridgehead atoms. The standard InChI is InChI=1S/C17H10ClN3O2/c18-12-6-2-4-8-14(12)21-13-7-3-1-5-10(13)9-11-15(21)19-17(23)20-16(11)22/h1-9H,(H,20,22,23). The van der Waals surface area contributed by atoms with Crippen LogP contribution in [0.4, 0.5) is 0 Å². The summed E-state index contributed by atoms with van der Waals surface area (Å²) in [6, 6.07) is 16.5. The van der Waals surface area contributed by atoms with E-state index in [9.17, 15) is 9.59 Å². The van der Waals surface area contributed by atoms with E-state index in [0.717, 1.165) is 10.9 Å². The lowest BCUT2D eigenvalue weighted by Gasteiger charge is -2.18. The number of rotatable bonds is 1. The molecule has 0 atom stereocenters. The molecule has 112 valence electrons. The van der Waals surface area contributed by atoms with Gasteiger partial charge in [-0.2, -0.15) is 4.98 Å². The molecule has 2 aliphatic heterocycles. The largest absolute Gasteiger partial charge is 0.349 e. The third-order valence-corrected chi connectivity index (χ3v) is 4.02. The van der Waals surface area contributed by atoms with E-state index in [-0.39, 0.29) is 5.82 Å². The molecule has 0 saturated heterocycles. The summed E-state index contributed by atoms with van der Waals surface area (Å²) in [5.41, 5.74) is 0.660. The second-order valence-corrected chi connectivity index (χ2v) is 5.51. The van der Waals surface area contributed by atoms with Gasteiger partial charge in [-0.1, -0.05) is 41.9 Å². The molecule has 2 aromatic carbocycles. The molecule has 0 spiro atoms. The Bertz CT molecular complexity index is 1130. The summed E-state index contributed by atoms with van der Waals surface area (Å²) in [4.78, 5) is 30.1. The van der Waals surface area contributed by atoms with Crippen LogP contribution in [-0.4, -0.2) is 14.5 Å². The molecule has 2 aliphatic rings. The first kappa shape index (κ1) is 13.7. The van der Waals surface area contributed by atoms with E-state index in [1.807, 2.05) is 42.5 Å². The maximum atomic E-state index is 12.2. The van der Waals surface area contributed by atoms with Crippen molar-refractivity contribution < 1.29 is 0 Å². The third-order valence-electron chi connectivity index (χ3n) is 3.70. The fourth-order valence-corrected chi connectivity index (χ4v) is 2.93. The lowest BCUT2D eigenvalue weighted by molar-refractivity contribution is 0.960. The van der Waals surface area contributed by atoms with Crippen LogP contribution in [0, 0.1) is 0 Å². The van der Waals surface area contributed by atoms with Crippen molar-refractivity contribution in [3.05, 3.63) is 80.5 Å². The first-order chi connectivity index (χ1) is 11.1. The molecular weight excluding hydrogens is 314 g/mol. The molecule has 4 rings (SSSR count). The van der Waals surface area contributed by atoms with Crippen molar-refractivity contribution in [3.8, 4) is 17.1 Å². The molecule has 0 aliphatic carbocycles. The number of aromatic nitrogens is 3. The number of hydrogen-bond donors (Lipinski definition) is 1. The van der Waals surface area contributed by atoms with Gasteiger partial charge in [0, 0.05) is 0 Å². The van der Waals surface area contributed by atoms with Gasteiger partial charge in [-0.05, 0) is 29.7 Å². The number of aromatic amines is 1. The maximum absolute atomic E-state index is 12.2. The molecule has 0 radical (unpaired) electrons. The average Bonchev–Trinajstić information content (AvgIpc) is 2.54. The van der Waals surface area contributed by atoms with Crippen molar-refractivity contribution in [1.82, 2.24) is 14.5 Å². The minimum atomic E-state index is -0.682. The summed E-state index contributed by atoms with van der Waals surface area (Å²) in [5.74, 6) is 0.283. The fraction of sp³-hybridized carbons (Fsp3) is 0. The predicted octanol–water partition coefficient (Wildman–Crippen LogP) is 2.83. The number of nitrogens with zero attached hydrogens (tertiary/aromatic N) is 2. The van der Waals surface area contributed by atoms with Crippen LogP contribution in [0.3, 0.4) is 0 Å². The van der Waals surface area contributed by atoms with E-state index in [1.165, 1.54) is 0 Å². The van der Waals surface area contributed by atoms with E-state index in [2.05, 4.69) is 9.97 Å². The van der Waals surface area contributed by atoms with Crippen LogP contribution in [0.25, 0.3) is 28.0 Å². The molecular formula is C17H10ClN3O2. The predicted molar refractivity (Wildman–Crippen MR) is 89.6 cm³/mol. The van der Waals surface area contributed by atoms with Crippen molar-refractivity contribution >= 4 is 22.5 Å². The van der Waals surface area contributed by atoms with Gasteiger partial charge < -0.3 is 0 Å². The summed E-state index contributed by atoms with van der Waals surface area (Å²) < 4.78 is 1.74. The molecule has 23 heavy (non-hydrogen) atoms. The van der Waals surface area contributed by atoms with E-state index < -0.39 is 11.2 Å². The lowest BCUT2D eigenvalue weighted by Crippen LogP contribution is -2.27. The third kappa shape index (κ3) is 2.13. The van der Waals surface area contributed by atoms with Gasteiger partial charge in [0.25, 0.3) is 5.56 Å².